The normalized spacial score (nSPS) is 11.2. The number of nitrogens with zero attached hydrogens (tertiary/aromatic N) is 1. The van der Waals surface area contributed by atoms with E-state index in [2.05, 4.69) is 20.9 Å². The summed E-state index contributed by atoms with van der Waals surface area (Å²) in [4.78, 5) is 27.0. The maximum atomic E-state index is 13.4. The van der Waals surface area contributed by atoms with E-state index in [1.807, 2.05) is 5.32 Å². The van der Waals surface area contributed by atoms with Crippen LogP contribution in [0.5, 0.6) is 5.88 Å². The third-order valence-corrected chi connectivity index (χ3v) is 3.18. The lowest BCUT2D eigenvalue weighted by atomic mass is 10.2. The molecule has 1 aromatic heterocycles. The Kier molecular flexibility index (Phi) is 4.84. The first kappa shape index (κ1) is 17.1. The molecule has 0 radical (unpaired) electrons. The number of rotatable bonds is 1. The number of carbonyl (C=O) groups excluding carboxylic acids is 2. The molecule has 0 aliphatic carbocycles. The molecule has 23 heavy (non-hydrogen) atoms. The fraction of sp³-hybridized carbons (Fsp3) is 0.267. The van der Waals surface area contributed by atoms with Gasteiger partial charge in [-0.25, -0.2) is 24.3 Å². The average Bonchev–Trinajstić information content (AvgIpc) is 2.34. The van der Waals surface area contributed by atoms with E-state index in [1.165, 1.54) is 24.4 Å². The van der Waals surface area contributed by atoms with Crippen LogP contribution in [0.25, 0.3) is 10.8 Å². The predicted octanol–water partition coefficient (Wildman–Crippen LogP) is 4.16. The number of benzene rings is 1. The maximum Gasteiger partial charge on any atom is 0.423 e. The first-order chi connectivity index (χ1) is 10.6. The zero-order valence-electron chi connectivity index (χ0n) is 12.6. The zero-order chi connectivity index (χ0) is 17.2. The maximum absolute atomic E-state index is 13.4. The number of nitrogens with one attached hydrogen (secondary N) is 1. The molecule has 8 heteroatoms. The fourth-order valence-corrected chi connectivity index (χ4v) is 2.27. The molecule has 0 spiro atoms. The van der Waals surface area contributed by atoms with E-state index in [9.17, 15) is 14.0 Å². The minimum atomic E-state index is -1.04. The van der Waals surface area contributed by atoms with Gasteiger partial charge >= 0.3 is 12.2 Å². The molecule has 2 rings (SSSR count). The standard InChI is InChI=1S/C15H14BrFN2O4/c1-15(2,3)23-14(21)19-13(20)22-12-5-8-4-9(17)6-11(16)10(8)7-18-12/h4-7H,1-3H3,(H,19,20,21). The van der Waals surface area contributed by atoms with Crippen molar-refractivity contribution >= 4 is 38.9 Å². The number of carbonyl (C=O) groups is 2. The zero-order valence-corrected chi connectivity index (χ0v) is 14.2. The second-order valence-electron chi connectivity index (χ2n) is 5.65. The molecule has 1 heterocycles. The van der Waals surface area contributed by atoms with Crippen molar-refractivity contribution in [1.82, 2.24) is 10.3 Å². The van der Waals surface area contributed by atoms with Gasteiger partial charge in [-0.15, -0.1) is 0 Å². The largest absolute Gasteiger partial charge is 0.443 e. The highest BCUT2D eigenvalue weighted by Crippen LogP contribution is 2.27. The highest BCUT2D eigenvalue weighted by atomic mass is 79.9. The van der Waals surface area contributed by atoms with E-state index in [-0.39, 0.29) is 5.88 Å². The summed E-state index contributed by atoms with van der Waals surface area (Å²) in [6.07, 6.45) is -0.548. The van der Waals surface area contributed by atoms with Crippen LogP contribution in [0.1, 0.15) is 20.8 Å². The minimum absolute atomic E-state index is 0.0731. The Bertz CT molecular complexity index is 774. The van der Waals surface area contributed by atoms with Gasteiger partial charge in [-0.3, -0.25) is 0 Å². The lowest BCUT2D eigenvalue weighted by molar-refractivity contribution is 0.0533. The van der Waals surface area contributed by atoms with E-state index in [1.54, 1.807) is 20.8 Å². The Balaban J connectivity index is 2.09. The van der Waals surface area contributed by atoms with Crippen LogP contribution in [0.15, 0.2) is 28.9 Å². The highest BCUT2D eigenvalue weighted by Gasteiger charge is 2.19. The Hall–Kier alpha value is -2.22. The highest BCUT2D eigenvalue weighted by molar-refractivity contribution is 9.10. The Morgan fingerprint density at radius 1 is 1.22 bits per heavy atom. The van der Waals surface area contributed by atoms with Crippen LogP contribution in [0.3, 0.4) is 0 Å². The number of fused-ring (bicyclic) bond motifs is 1. The lowest BCUT2D eigenvalue weighted by Gasteiger charge is -2.18. The van der Waals surface area contributed by atoms with E-state index in [0.29, 0.717) is 15.2 Å². The molecule has 6 nitrogen and oxygen atoms in total. The van der Waals surface area contributed by atoms with Crippen molar-refractivity contribution in [2.24, 2.45) is 0 Å². The SMILES string of the molecule is CC(C)(C)OC(=O)NC(=O)Oc1cc2cc(F)cc(Br)c2cn1. The Labute approximate surface area is 140 Å². The Morgan fingerprint density at radius 2 is 1.91 bits per heavy atom. The van der Waals surface area contributed by atoms with Gasteiger partial charge in [0.2, 0.25) is 5.88 Å². The van der Waals surface area contributed by atoms with Crippen molar-refractivity contribution in [3.8, 4) is 5.88 Å². The van der Waals surface area contributed by atoms with Gasteiger partial charge in [-0.05, 0) is 54.2 Å². The van der Waals surface area contributed by atoms with Crippen LogP contribution in [0, 0.1) is 5.82 Å². The molecule has 0 aliphatic heterocycles. The fourth-order valence-electron chi connectivity index (χ4n) is 1.72. The topological polar surface area (TPSA) is 77.5 Å². The number of hydrogen-bond donors (Lipinski definition) is 1. The number of hydrogen-bond acceptors (Lipinski definition) is 5. The van der Waals surface area contributed by atoms with Crippen molar-refractivity contribution in [2.45, 2.75) is 26.4 Å². The molecule has 0 unspecified atom stereocenters. The van der Waals surface area contributed by atoms with Crippen LogP contribution >= 0.6 is 15.9 Å². The molecular formula is C15H14BrFN2O4. The van der Waals surface area contributed by atoms with Crippen LogP contribution < -0.4 is 10.1 Å². The van der Waals surface area contributed by atoms with Crippen molar-refractivity contribution in [3.63, 3.8) is 0 Å². The smallest absolute Gasteiger partial charge is 0.423 e. The molecular weight excluding hydrogens is 371 g/mol. The second-order valence-corrected chi connectivity index (χ2v) is 6.50. The third kappa shape index (κ3) is 4.88. The number of aromatic nitrogens is 1. The Morgan fingerprint density at radius 3 is 2.57 bits per heavy atom. The molecule has 0 aliphatic rings. The monoisotopic (exact) mass is 384 g/mol. The summed E-state index contributed by atoms with van der Waals surface area (Å²) in [6.45, 7) is 4.99. The minimum Gasteiger partial charge on any atom is -0.443 e. The molecule has 0 fully saturated rings. The summed E-state index contributed by atoms with van der Waals surface area (Å²) in [5.74, 6) is -0.518. The van der Waals surface area contributed by atoms with E-state index in [4.69, 9.17) is 9.47 Å². The number of ether oxygens (including phenoxy) is 2. The van der Waals surface area contributed by atoms with Crippen molar-refractivity contribution in [3.05, 3.63) is 34.7 Å². The van der Waals surface area contributed by atoms with E-state index >= 15 is 0 Å². The molecule has 1 aromatic carbocycles. The molecule has 2 aromatic rings. The van der Waals surface area contributed by atoms with Crippen LogP contribution in [0.2, 0.25) is 0 Å². The summed E-state index contributed by atoms with van der Waals surface area (Å²) in [5.41, 5.74) is -0.741. The number of imide groups is 1. The van der Waals surface area contributed by atoms with Gasteiger partial charge < -0.3 is 9.47 Å². The quantitative estimate of drug-likeness (QED) is 0.798. The van der Waals surface area contributed by atoms with Crippen LogP contribution in [-0.2, 0) is 4.74 Å². The number of halogens is 2. The second kappa shape index (κ2) is 6.49. The number of alkyl carbamates (subject to hydrolysis) is 1. The van der Waals surface area contributed by atoms with Gasteiger partial charge in [-0.2, -0.15) is 0 Å². The van der Waals surface area contributed by atoms with Gasteiger partial charge in [0.25, 0.3) is 0 Å². The van der Waals surface area contributed by atoms with E-state index < -0.39 is 23.6 Å². The summed E-state index contributed by atoms with van der Waals surface area (Å²) >= 11 is 3.22. The van der Waals surface area contributed by atoms with Crippen molar-refractivity contribution in [1.29, 1.82) is 0 Å². The van der Waals surface area contributed by atoms with Crippen LogP contribution in [0.4, 0.5) is 14.0 Å². The molecule has 0 saturated carbocycles. The summed E-state index contributed by atoms with van der Waals surface area (Å²) < 4.78 is 23.7. The molecule has 0 bridgehead atoms. The molecule has 2 amide bonds. The predicted molar refractivity (Wildman–Crippen MR) is 84.8 cm³/mol. The van der Waals surface area contributed by atoms with Gasteiger partial charge in [0.15, 0.2) is 0 Å². The van der Waals surface area contributed by atoms with E-state index in [0.717, 1.165) is 0 Å². The van der Waals surface area contributed by atoms with Crippen molar-refractivity contribution < 1.29 is 23.5 Å². The van der Waals surface area contributed by atoms with Gasteiger partial charge in [0.1, 0.15) is 11.4 Å². The molecule has 0 saturated heterocycles. The summed E-state index contributed by atoms with van der Waals surface area (Å²) in [6, 6.07) is 3.97. The molecule has 122 valence electrons. The number of amides is 2. The average molecular weight is 385 g/mol. The number of pyridine rings is 1. The van der Waals surface area contributed by atoms with Gasteiger partial charge in [0, 0.05) is 22.1 Å². The summed E-state index contributed by atoms with van der Waals surface area (Å²) in [5, 5.41) is 3.06. The van der Waals surface area contributed by atoms with Gasteiger partial charge in [-0.1, -0.05) is 0 Å². The molecule has 0 atom stereocenters. The van der Waals surface area contributed by atoms with Crippen molar-refractivity contribution in [2.75, 3.05) is 0 Å². The summed E-state index contributed by atoms with van der Waals surface area (Å²) in [7, 11) is 0. The molecule has 1 N–H and O–H groups in total. The van der Waals surface area contributed by atoms with Gasteiger partial charge in [0.05, 0.1) is 0 Å². The first-order valence-corrected chi connectivity index (χ1v) is 7.40. The lowest BCUT2D eigenvalue weighted by Crippen LogP contribution is -2.37. The van der Waals surface area contributed by atoms with Crippen LogP contribution in [-0.4, -0.2) is 22.8 Å². The first-order valence-electron chi connectivity index (χ1n) is 6.61. The third-order valence-electron chi connectivity index (χ3n) is 2.53.